The highest BCUT2D eigenvalue weighted by molar-refractivity contribution is 5.87. The molecule has 3 aliphatic rings. The second-order valence-corrected chi connectivity index (χ2v) is 8.15. The summed E-state index contributed by atoms with van der Waals surface area (Å²) in [7, 11) is 0. The molecule has 27 heavy (non-hydrogen) atoms. The Morgan fingerprint density at radius 1 is 1.15 bits per heavy atom. The fraction of sp³-hybridized carbons (Fsp3) is 0.632. The molecular weight excluding hydrogens is 352 g/mol. The molecule has 0 aromatic carbocycles. The van der Waals surface area contributed by atoms with E-state index >= 15 is 0 Å². The lowest BCUT2D eigenvalue weighted by Gasteiger charge is -2.38. The summed E-state index contributed by atoms with van der Waals surface area (Å²) in [5.41, 5.74) is -0.126. The number of hydrogen-bond acceptors (Lipinski definition) is 5. The number of carboxylic acid groups (broad SMARTS) is 2. The van der Waals surface area contributed by atoms with Crippen molar-refractivity contribution in [3.05, 3.63) is 23.7 Å². The lowest BCUT2D eigenvalue weighted by molar-refractivity contribution is -0.148. The summed E-state index contributed by atoms with van der Waals surface area (Å²) in [4.78, 5) is 38.9. The summed E-state index contributed by atoms with van der Waals surface area (Å²) >= 11 is 0. The van der Waals surface area contributed by atoms with E-state index in [9.17, 15) is 19.5 Å². The maximum Gasteiger partial charge on any atom is 0.371 e. The van der Waals surface area contributed by atoms with E-state index < -0.39 is 18.0 Å². The van der Waals surface area contributed by atoms with Crippen molar-refractivity contribution in [2.75, 3.05) is 19.6 Å². The summed E-state index contributed by atoms with van der Waals surface area (Å²) in [6.45, 7) is 2.63. The first kappa shape index (κ1) is 18.0. The number of nitrogens with zero attached hydrogens (tertiary/aromatic N) is 2. The lowest BCUT2D eigenvalue weighted by Crippen LogP contribution is -2.43. The number of aromatic carboxylic acids is 1. The van der Waals surface area contributed by atoms with Gasteiger partial charge in [0, 0.05) is 12.5 Å². The molecule has 1 aromatic heterocycles. The number of carbonyl (C=O) groups excluding carboxylic acids is 1. The van der Waals surface area contributed by atoms with Crippen LogP contribution in [0.25, 0.3) is 0 Å². The van der Waals surface area contributed by atoms with Crippen LogP contribution in [-0.4, -0.2) is 63.5 Å². The van der Waals surface area contributed by atoms with Crippen molar-refractivity contribution in [1.29, 1.82) is 0 Å². The molecule has 1 saturated carbocycles. The van der Waals surface area contributed by atoms with E-state index in [4.69, 9.17) is 9.52 Å². The van der Waals surface area contributed by atoms with Crippen molar-refractivity contribution in [3.8, 4) is 0 Å². The second-order valence-electron chi connectivity index (χ2n) is 8.15. The molecule has 146 valence electrons. The average molecular weight is 376 g/mol. The van der Waals surface area contributed by atoms with Gasteiger partial charge in [-0.1, -0.05) is 0 Å². The highest BCUT2D eigenvalue weighted by atomic mass is 16.4. The zero-order valence-corrected chi connectivity index (χ0v) is 15.1. The topological polar surface area (TPSA) is 111 Å². The van der Waals surface area contributed by atoms with Crippen LogP contribution in [0, 0.1) is 11.3 Å². The van der Waals surface area contributed by atoms with Crippen LogP contribution < -0.4 is 0 Å². The van der Waals surface area contributed by atoms with Crippen molar-refractivity contribution < 1.29 is 29.0 Å². The van der Waals surface area contributed by atoms with Gasteiger partial charge in [0.25, 0.3) is 0 Å². The molecule has 1 spiro atoms. The molecular formula is C19H24N2O6. The lowest BCUT2D eigenvalue weighted by atomic mass is 9.76. The molecule has 8 nitrogen and oxygen atoms in total. The molecule has 2 aliphatic heterocycles. The van der Waals surface area contributed by atoms with Crippen LogP contribution in [0.1, 0.15) is 48.4 Å². The van der Waals surface area contributed by atoms with Gasteiger partial charge in [0.05, 0.1) is 6.54 Å². The Morgan fingerprint density at radius 3 is 2.41 bits per heavy atom. The van der Waals surface area contributed by atoms with Gasteiger partial charge in [-0.15, -0.1) is 0 Å². The Hall–Kier alpha value is -2.35. The predicted molar refractivity (Wildman–Crippen MR) is 93.1 cm³/mol. The molecule has 2 N–H and O–H groups in total. The van der Waals surface area contributed by atoms with Gasteiger partial charge in [-0.05, 0) is 62.7 Å². The van der Waals surface area contributed by atoms with Gasteiger partial charge in [-0.25, -0.2) is 9.59 Å². The Balaban J connectivity index is 1.38. The summed E-state index contributed by atoms with van der Waals surface area (Å²) in [6.07, 6.45) is 3.95. The molecule has 4 rings (SSSR count). The molecule has 2 saturated heterocycles. The van der Waals surface area contributed by atoms with Crippen molar-refractivity contribution >= 4 is 17.8 Å². The summed E-state index contributed by atoms with van der Waals surface area (Å²) in [6, 6.07) is 2.44. The van der Waals surface area contributed by atoms with Gasteiger partial charge in [0.2, 0.25) is 11.7 Å². The van der Waals surface area contributed by atoms with Gasteiger partial charge >= 0.3 is 11.9 Å². The number of aliphatic carboxylic acids is 1. The SMILES string of the molecule is O=C(O)c1ccc(CN2CCC3(CC2)C[C@H](C(=O)O)N(C(=O)C2CC2)C3)o1. The van der Waals surface area contributed by atoms with Crippen LogP contribution in [0.15, 0.2) is 16.5 Å². The molecule has 3 fully saturated rings. The third kappa shape index (κ3) is 3.58. The molecule has 3 heterocycles. The molecule has 0 radical (unpaired) electrons. The first-order valence-electron chi connectivity index (χ1n) is 9.45. The van der Waals surface area contributed by atoms with Crippen molar-refractivity contribution in [2.24, 2.45) is 11.3 Å². The van der Waals surface area contributed by atoms with Crippen LogP contribution in [0.4, 0.5) is 0 Å². The minimum atomic E-state index is -1.08. The quantitative estimate of drug-likeness (QED) is 0.804. The van der Waals surface area contributed by atoms with E-state index in [0.717, 1.165) is 38.8 Å². The normalized spacial score (nSPS) is 25.0. The predicted octanol–water partition coefficient (Wildman–Crippen LogP) is 1.66. The summed E-state index contributed by atoms with van der Waals surface area (Å²) in [5.74, 6) is -1.38. The number of carbonyl (C=O) groups is 3. The molecule has 1 aliphatic carbocycles. The van der Waals surface area contributed by atoms with E-state index in [1.54, 1.807) is 11.0 Å². The number of likely N-dealkylation sites (tertiary alicyclic amines) is 2. The maximum absolute atomic E-state index is 12.5. The molecule has 8 heteroatoms. The highest BCUT2D eigenvalue weighted by Crippen LogP contribution is 2.45. The minimum Gasteiger partial charge on any atom is -0.480 e. The smallest absolute Gasteiger partial charge is 0.371 e. The average Bonchev–Trinajstić information content (AvgIpc) is 3.26. The van der Waals surface area contributed by atoms with Gasteiger partial charge in [0.1, 0.15) is 11.8 Å². The molecule has 1 aromatic rings. The second kappa shape index (κ2) is 6.67. The minimum absolute atomic E-state index is 0.0125. The molecule has 1 amide bonds. The fourth-order valence-electron chi connectivity index (χ4n) is 4.42. The number of rotatable bonds is 5. The van der Waals surface area contributed by atoms with Gasteiger partial charge < -0.3 is 19.5 Å². The van der Waals surface area contributed by atoms with Crippen LogP contribution in [0.2, 0.25) is 0 Å². The third-order valence-electron chi connectivity index (χ3n) is 6.17. The largest absolute Gasteiger partial charge is 0.480 e. The number of amides is 1. The summed E-state index contributed by atoms with van der Waals surface area (Å²) in [5, 5.41) is 18.5. The Labute approximate surface area is 156 Å². The van der Waals surface area contributed by atoms with Crippen LogP contribution in [0.5, 0.6) is 0 Å². The zero-order chi connectivity index (χ0) is 19.2. The highest BCUT2D eigenvalue weighted by Gasteiger charge is 2.51. The number of carboxylic acids is 2. The molecule has 1 atom stereocenters. The maximum atomic E-state index is 12.5. The Kier molecular flexibility index (Phi) is 4.46. The first-order chi connectivity index (χ1) is 12.9. The third-order valence-corrected chi connectivity index (χ3v) is 6.17. The Morgan fingerprint density at radius 2 is 1.85 bits per heavy atom. The van der Waals surface area contributed by atoms with E-state index in [2.05, 4.69) is 4.90 Å². The molecule has 0 bridgehead atoms. The van der Waals surface area contributed by atoms with E-state index in [-0.39, 0.29) is 23.0 Å². The van der Waals surface area contributed by atoms with Crippen LogP contribution >= 0.6 is 0 Å². The van der Waals surface area contributed by atoms with Crippen molar-refractivity contribution in [2.45, 2.75) is 44.7 Å². The monoisotopic (exact) mass is 376 g/mol. The number of piperidine rings is 1. The van der Waals surface area contributed by atoms with E-state index in [1.807, 2.05) is 0 Å². The van der Waals surface area contributed by atoms with Gasteiger partial charge in [0.15, 0.2) is 0 Å². The van der Waals surface area contributed by atoms with Gasteiger partial charge in [-0.3, -0.25) is 9.69 Å². The molecule has 0 unspecified atom stereocenters. The van der Waals surface area contributed by atoms with E-state index in [0.29, 0.717) is 25.3 Å². The fourth-order valence-corrected chi connectivity index (χ4v) is 4.42. The van der Waals surface area contributed by atoms with E-state index in [1.165, 1.54) is 6.07 Å². The van der Waals surface area contributed by atoms with Crippen molar-refractivity contribution in [3.63, 3.8) is 0 Å². The van der Waals surface area contributed by atoms with Crippen LogP contribution in [-0.2, 0) is 16.1 Å². The van der Waals surface area contributed by atoms with Crippen LogP contribution in [0.3, 0.4) is 0 Å². The first-order valence-corrected chi connectivity index (χ1v) is 9.45. The number of furan rings is 1. The number of hydrogen-bond donors (Lipinski definition) is 2. The summed E-state index contributed by atoms with van der Waals surface area (Å²) < 4.78 is 5.32. The van der Waals surface area contributed by atoms with Crippen molar-refractivity contribution in [1.82, 2.24) is 9.80 Å². The Bertz CT molecular complexity index is 760. The standard InChI is InChI=1S/C19H24N2O6/c22-16(12-1-2-12)21-11-19(9-14(21)17(23)24)5-7-20(8-6-19)10-13-3-4-15(27-13)18(25)26/h3-4,12,14H,1-2,5-11H2,(H,23,24)(H,25,26)/t14-/m1/s1. The zero-order valence-electron chi connectivity index (χ0n) is 15.1. The van der Waals surface area contributed by atoms with Gasteiger partial charge in [-0.2, -0.15) is 0 Å².